The second-order valence-corrected chi connectivity index (χ2v) is 12.7. The summed E-state index contributed by atoms with van der Waals surface area (Å²) in [6.45, 7) is 7.34. The summed E-state index contributed by atoms with van der Waals surface area (Å²) < 4.78 is 1.19. The second kappa shape index (κ2) is 6.36. The first-order valence-corrected chi connectivity index (χ1v) is 11.3. The lowest BCUT2D eigenvalue weighted by Gasteiger charge is -2.23. The molecule has 0 aliphatic rings. The number of hydrogen-bond acceptors (Lipinski definition) is 0. The van der Waals surface area contributed by atoms with Crippen molar-refractivity contribution in [2.75, 3.05) is 5.33 Å². The fraction of sp³-hybridized carbons (Fsp3) is 0.538. The molecular formula is C13H20Br2Si. The van der Waals surface area contributed by atoms with Gasteiger partial charge in [-0.1, -0.05) is 69.7 Å². The van der Waals surface area contributed by atoms with E-state index in [9.17, 15) is 0 Å². The van der Waals surface area contributed by atoms with Crippen LogP contribution >= 0.6 is 31.9 Å². The Bertz CT molecular complexity index is 331. The van der Waals surface area contributed by atoms with Gasteiger partial charge in [0.1, 0.15) is 0 Å². The predicted molar refractivity (Wildman–Crippen MR) is 83.3 cm³/mol. The van der Waals surface area contributed by atoms with Crippen molar-refractivity contribution >= 4 is 39.9 Å². The van der Waals surface area contributed by atoms with E-state index in [-0.39, 0.29) is 0 Å². The average Bonchev–Trinajstić information content (AvgIpc) is 2.14. The summed E-state index contributed by atoms with van der Waals surface area (Å²) in [5.41, 5.74) is 1.44. The fourth-order valence-electron chi connectivity index (χ4n) is 2.04. The lowest BCUT2D eigenvalue weighted by Crippen LogP contribution is -2.25. The molecule has 16 heavy (non-hydrogen) atoms. The van der Waals surface area contributed by atoms with Crippen molar-refractivity contribution in [3.05, 3.63) is 34.3 Å². The quantitative estimate of drug-likeness (QED) is 0.489. The molecule has 1 unspecified atom stereocenters. The van der Waals surface area contributed by atoms with Crippen LogP contribution in [0.1, 0.15) is 5.56 Å². The molecule has 0 radical (unpaired) electrons. The number of benzene rings is 1. The van der Waals surface area contributed by atoms with Crippen LogP contribution in [0.25, 0.3) is 0 Å². The van der Waals surface area contributed by atoms with E-state index in [1.807, 2.05) is 0 Å². The van der Waals surface area contributed by atoms with Gasteiger partial charge in [0.25, 0.3) is 0 Å². The first kappa shape index (κ1) is 14.5. The van der Waals surface area contributed by atoms with Gasteiger partial charge in [-0.3, -0.25) is 0 Å². The van der Waals surface area contributed by atoms with Crippen molar-refractivity contribution in [3.63, 3.8) is 0 Å². The normalized spacial score (nSPS) is 13.8. The van der Waals surface area contributed by atoms with Crippen LogP contribution in [0.5, 0.6) is 0 Å². The lowest BCUT2D eigenvalue weighted by atomic mass is 10.0. The van der Waals surface area contributed by atoms with Gasteiger partial charge in [-0.15, -0.1) is 0 Å². The summed E-state index contributed by atoms with van der Waals surface area (Å²) in [5.74, 6) is 0.779. The highest BCUT2D eigenvalue weighted by Gasteiger charge is 2.19. The standard InChI is InChI=1S/C13H20Br2Si/c1-16(2,3)10-12(9-14)7-11-5-4-6-13(15)8-11/h4-6,8,12H,7,9-10H2,1-3H3. The molecular weight excluding hydrogens is 344 g/mol. The van der Waals surface area contributed by atoms with Gasteiger partial charge < -0.3 is 0 Å². The first-order valence-electron chi connectivity index (χ1n) is 5.71. The number of rotatable bonds is 5. The Morgan fingerprint density at radius 3 is 2.44 bits per heavy atom. The number of alkyl halides is 1. The molecule has 0 aliphatic heterocycles. The molecule has 0 aromatic heterocycles. The molecule has 0 nitrogen and oxygen atoms in total. The van der Waals surface area contributed by atoms with E-state index < -0.39 is 8.07 Å². The molecule has 0 fully saturated rings. The third-order valence-corrected chi connectivity index (χ3v) is 5.74. The van der Waals surface area contributed by atoms with Crippen LogP contribution in [0.4, 0.5) is 0 Å². The maximum atomic E-state index is 3.66. The number of halogens is 2. The molecule has 1 atom stereocenters. The Balaban J connectivity index is 2.63. The molecule has 3 heteroatoms. The van der Waals surface area contributed by atoms with Crippen molar-refractivity contribution in [1.82, 2.24) is 0 Å². The van der Waals surface area contributed by atoms with Crippen LogP contribution in [0.2, 0.25) is 25.7 Å². The van der Waals surface area contributed by atoms with E-state index >= 15 is 0 Å². The minimum atomic E-state index is -0.950. The Morgan fingerprint density at radius 1 is 1.25 bits per heavy atom. The maximum Gasteiger partial charge on any atom is 0.0445 e. The summed E-state index contributed by atoms with van der Waals surface area (Å²) in [6.07, 6.45) is 1.19. The Hall–Kier alpha value is 0.397. The molecule has 0 spiro atoms. The third-order valence-electron chi connectivity index (χ3n) is 2.53. The Labute approximate surface area is 117 Å². The molecule has 1 aromatic rings. The predicted octanol–water partition coefficient (Wildman–Crippen LogP) is 5.34. The molecule has 0 bridgehead atoms. The largest absolute Gasteiger partial charge is 0.0925 e. The molecule has 1 rings (SSSR count). The van der Waals surface area contributed by atoms with Gasteiger partial charge in [-0.2, -0.15) is 0 Å². The zero-order valence-electron chi connectivity index (χ0n) is 10.3. The van der Waals surface area contributed by atoms with E-state index in [0.717, 1.165) is 11.2 Å². The van der Waals surface area contributed by atoms with Gasteiger partial charge in [0.05, 0.1) is 0 Å². The molecule has 0 heterocycles. The number of hydrogen-bond donors (Lipinski definition) is 0. The van der Waals surface area contributed by atoms with Crippen LogP contribution in [0, 0.1) is 5.92 Å². The fourth-order valence-corrected chi connectivity index (χ4v) is 5.39. The smallest absolute Gasteiger partial charge is 0.0445 e. The van der Waals surface area contributed by atoms with E-state index in [0.29, 0.717) is 0 Å². The molecule has 90 valence electrons. The van der Waals surface area contributed by atoms with E-state index in [4.69, 9.17) is 0 Å². The van der Waals surface area contributed by atoms with Gasteiger partial charge in [0, 0.05) is 17.9 Å². The van der Waals surface area contributed by atoms with E-state index in [1.165, 1.54) is 22.5 Å². The minimum absolute atomic E-state index is 0.779. The summed E-state index contributed by atoms with van der Waals surface area (Å²) in [5, 5.41) is 1.11. The summed E-state index contributed by atoms with van der Waals surface area (Å²) >= 11 is 7.19. The van der Waals surface area contributed by atoms with Crippen molar-refractivity contribution in [1.29, 1.82) is 0 Å². The van der Waals surface area contributed by atoms with Gasteiger partial charge in [-0.25, -0.2) is 0 Å². The highest BCUT2D eigenvalue weighted by atomic mass is 79.9. The van der Waals surface area contributed by atoms with Gasteiger partial charge in [0.15, 0.2) is 0 Å². The Kier molecular flexibility index (Phi) is 5.75. The lowest BCUT2D eigenvalue weighted by molar-refractivity contribution is 0.651. The topological polar surface area (TPSA) is 0 Å². The molecule has 1 aromatic carbocycles. The minimum Gasteiger partial charge on any atom is -0.0925 e. The molecule has 0 N–H and O–H groups in total. The highest BCUT2D eigenvalue weighted by Crippen LogP contribution is 2.23. The van der Waals surface area contributed by atoms with Crippen molar-refractivity contribution in [2.24, 2.45) is 5.92 Å². The van der Waals surface area contributed by atoms with Crippen LogP contribution in [0.3, 0.4) is 0 Å². The SMILES string of the molecule is C[Si](C)(C)CC(CBr)Cc1cccc(Br)c1. The summed E-state index contributed by atoms with van der Waals surface area (Å²) in [6, 6.07) is 10.1. The monoisotopic (exact) mass is 362 g/mol. The second-order valence-electron chi connectivity index (χ2n) is 5.62. The first-order chi connectivity index (χ1) is 7.40. The Morgan fingerprint density at radius 2 is 1.94 bits per heavy atom. The molecule has 0 saturated heterocycles. The third kappa shape index (κ3) is 5.64. The van der Waals surface area contributed by atoms with Gasteiger partial charge >= 0.3 is 0 Å². The van der Waals surface area contributed by atoms with E-state index in [1.54, 1.807) is 0 Å². The van der Waals surface area contributed by atoms with E-state index in [2.05, 4.69) is 75.8 Å². The summed E-state index contributed by atoms with van der Waals surface area (Å²) in [7, 11) is -0.950. The van der Waals surface area contributed by atoms with Crippen LogP contribution in [0.15, 0.2) is 28.7 Å². The highest BCUT2D eigenvalue weighted by molar-refractivity contribution is 9.10. The molecule has 0 amide bonds. The average molecular weight is 364 g/mol. The van der Waals surface area contributed by atoms with Crippen LogP contribution in [-0.4, -0.2) is 13.4 Å². The zero-order valence-corrected chi connectivity index (χ0v) is 14.4. The maximum absolute atomic E-state index is 3.66. The van der Waals surface area contributed by atoms with Crippen molar-refractivity contribution in [3.8, 4) is 0 Å². The van der Waals surface area contributed by atoms with Crippen LogP contribution in [-0.2, 0) is 6.42 Å². The van der Waals surface area contributed by atoms with Gasteiger partial charge in [0.2, 0.25) is 0 Å². The zero-order chi connectivity index (χ0) is 12.2. The van der Waals surface area contributed by atoms with Crippen LogP contribution < -0.4 is 0 Å². The molecule has 0 saturated carbocycles. The summed E-state index contributed by atoms with van der Waals surface area (Å²) in [4.78, 5) is 0. The molecule has 0 aliphatic carbocycles. The van der Waals surface area contributed by atoms with Gasteiger partial charge in [-0.05, 0) is 30.0 Å². The van der Waals surface area contributed by atoms with Crippen molar-refractivity contribution in [2.45, 2.75) is 32.1 Å². The van der Waals surface area contributed by atoms with Crippen molar-refractivity contribution < 1.29 is 0 Å².